The summed E-state index contributed by atoms with van der Waals surface area (Å²) in [4.78, 5) is 42.8. The van der Waals surface area contributed by atoms with Crippen LogP contribution >= 0.6 is 0 Å². The molecule has 0 aliphatic carbocycles. The summed E-state index contributed by atoms with van der Waals surface area (Å²) in [5.74, 6) is -2.79. The second-order valence-corrected chi connectivity index (χ2v) is 5.72. The fraction of sp³-hybridized carbons (Fsp3) is 0.714. The Labute approximate surface area is 126 Å². The van der Waals surface area contributed by atoms with Crippen molar-refractivity contribution in [3.63, 3.8) is 0 Å². The van der Waals surface area contributed by atoms with Crippen molar-refractivity contribution < 1.29 is 38.1 Å². The molecular formula is C14H16O8. The van der Waals surface area contributed by atoms with E-state index < -0.39 is 11.6 Å². The van der Waals surface area contributed by atoms with Crippen molar-refractivity contribution in [1.82, 2.24) is 0 Å². The van der Waals surface area contributed by atoms with Gasteiger partial charge in [0, 0.05) is 25.7 Å². The van der Waals surface area contributed by atoms with E-state index in [1.165, 1.54) is 0 Å². The Morgan fingerprint density at radius 2 is 0.727 bits per heavy atom. The maximum absolute atomic E-state index is 10.7. The molecule has 0 aromatic carbocycles. The van der Waals surface area contributed by atoms with Crippen LogP contribution in [0, 0.1) is 0 Å². The van der Waals surface area contributed by atoms with Crippen LogP contribution in [0.3, 0.4) is 0 Å². The number of esters is 4. The van der Waals surface area contributed by atoms with Crippen molar-refractivity contribution in [3.8, 4) is 0 Å². The average molecular weight is 312 g/mol. The molecule has 0 N–H and O–H groups in total. The Bertz CT molecular complexity index is 441. The molecule has 4 aliphatic rings. The maximum Gasteiger partial charge on any atom is 0.309 e. The maximum atomic E-state index is 10.7. The lowest BCUT2D eigenvalue weighted by atomic mass is 10.1. The molecule has 4 rings (SSSR count). The third kappa shape index (κ3) is 2.90. The highest BCUT2D eigenvalue weighted by atomic mass is 16.7. The lowest BCUT2D eigenvalue weighted by molar-refractivity contribution is -0.199. The molecule has 4 fully saturated rings. The minimum absolute atomic E-state index is 0.264. The molecule has 4 saturated heterocycles. The Balaban J connectivity index is 0.000000131. The predicted molar refractivity (Wildman–Crippen MR) is 66.8 cm³/mol. The van der Waals surface area contributed by atoms with Gasteiger partial charge in [0.25, 0.3) is 11.6 Å². The van der Waals surface area contributed by atoms with Crippen LogP contribution in [-0.2, 0) is 38.1 Å². The first-order valence-corrected chi connectivity index (χ1v) is 7.28. The van der Waals surface area contributed by atoms with E-state index in [4.69, 9.17) is 18.9 Å². The van der Waals surface area contributed by atoms with E-state index in [9.17, 15) is 19.2 Å². The van der Waals surface area contributed by atoms with Crippen molar-refractivity contribution in [1.29, 1.82) is 0 Å². The van der Waals surface area contributed by atoms with Crippen LogP contribution in [0.5, 0.6) is 0 Å². The Kier molecular flexibility index (Phi) is 3.54. The molecule has 0 amide bonds. The summed E-state index contributed by atoms with van der Waals surface area (Å²) in [5.41, 5.74) is 0. The van der Waals surface area contributed by atoms with Gasteiger partial charge in [-0.05, 0) is 0 Å². The van der Waals surface area contributed by atoms with Crippen molar-refractivity contribution in [2.24, 2.45) is 0 Å². The zero-order valence-corrected chi connectivity index (χ0v) is 11.9. The minimum atomic E-state index is -0.867. The second kappa shape index (κ2) is 5.26. The highest BCUT2D eigenvalue weighted by Gasteiger charge is 2.49. The van der Waals surface area contributed by atoms with Crippen molar-refractivity contribution in [3.05, 3.63) is 0 Å². The van der Waals surface area contributed by atoms with Crippen molar-refractivity contribution >= 4 is 23.9 Å². The van der Waals surface area contributed by atoms with Crippen LogP contribution in [0.15, 0.2) is 0 Å². The zero-order chi connectivity index (χ0) is 15.8. The summed E-state index contributed by atoms with van der Waals surface area (Å²) in [7, 11) is 0. The molecule has 4 aliphatic heterocycles. The second-order valence-electron chi connectivity index (χ2n) is 5.72. The Morgan fingerprint density at radius 1 is 0.500 bits per heavy atom. The SMILES string of the molecule is O=C1CCC2(CCC(=O)O2)O1.O=C1CCC2(CCC(=O)O2)O1. The highest BCUT2D eigenvalue weighted by Crippen LogP contribution is 2.38. The normalized spacial score (nSPS) is 27.3. The van der Waals surface area contributed by atoms with Gasteiger partial charge in [0.05, 0.1) is 25.7 Å². The standard InChI is InChI=1S/2C7H8O4/c2*8-5-1-3-7(10-5)4-2-6(9)11-7/h2*1-4H2. The van der Waals surface area contributed by atoms with Gasteiger partial charge in [0.1, 0.15) is 0 Å². The number of rotatable bonds is 0. The Morgan fingerprint density at radius 3 is 0.864 bits per heavy atom. The smallest absolute Gasteiger partial charge is 0.309 e. The van der Waals surface area contributed by atoms with Crippen molar-refractivity contribution in [2.45, 2.75) is 62.9 Å². The molecule has 0 aromatic rings. The van der Waals surface area contributed by atoms with E-state index >= 15 is 0 Å². The van der Waals surface area contributed by atoms with Gasteiger partial charge in [-0.1, -0.05) is 0 Å². The molecular weight excluding hydrogens is 296 g/mol. The van der Waals surface area contributed by atoms with Crippen LogP contribution in [0.1, 0.15) is 51.4 Å². The zero-order valence-electron chi connectivity index (χ0n) is 11.9. The summed E-state index contributed by atoms with van der Waals surface area (Å²) < 4.78 is 19.6. The summed E-state index contributed by atoms with van der Waals surface area (Å²) in [6.07, 6.45) is 3.57. The van der Waals surface area contributed by atoms with E-state index in [1.54, 1.807) is 0 Å². The molecule has 4 heterocycles. The summed E-state index contributed by atoms with van der Waals surface area (Å²) in [6, 6.07) is 0. The van der Waals surface area contributed by atoms with Crippen molar-refractivity contribution in [2.75, 3.05) is 0 Å². The average Bonchev–Trinajstić information content (AvgIpc) is 3.18. The summed E-state index contributed by atoms with van der Waals surface area (Å²) >= 11 is 0. The first-order valence-electron chi connectivity index (χ1n) is 7.28. The molecule has 0 unspecified atom stereocenters. The van der Waals surface area contributed by atoms with E-state index in [0.717, 1.165) is 0 Å². The molecule has 8 nitrogen and oxygen atoms in total. The quantitative estimate of drug-likeness (QED) is 0.602. The number of hydrogen-bond acceptors (Lipinski definition) is 8. The van der Waals surface area contributed by atoms with Crippen LogP contribution < -0.4 is 0 Å². The van der Waals surface area contributed by atoms with E-state index in [-0.39, 0.29) is 23.9 Å². The Hall–Kier alpha value is -2.12. The van der Waals surface area contributed by atoms with Crippen LogP contribution in [0.25, 0.3) is 0 Å². The van der Waals surface area contributed by atoms with Gasteiger partial charge in [-0.25, -0.2) is 0 Å². The lowest BCUT2D eigenvalue weighted by Gasteiger charge is -2.18. The number of carbonyl (C=O) groups excluding carboxylic acids is 4. The first kappa shape index (κ1) is 14.8. The third-order valence-electron chi connectivity index (χ3n) is 4.04. The molecule has 120 valence electrons. The van der Waals surface area contributed by atoms with E-state index in [2.05, 4.69) is 0 Å². The van der Waals surface area contributed by atoms with Gasteiger partial charge in [-0.3, -0.25) is 19.2 Å². The van der Waals surface area contributed by atoms with E-state index in [1.807, 2.05) is 0 Å². The number of carbonyl (C=O) groups is 4. The fourth-order valence-electron chi connectivity index (χ4n) is 2.90. The number of hydrogen-bond donors (Lipinski definition) is 0. The molecule has 0 bridgehead atoms. The molecule has 0 atom stereocenters. The third-order valence-corrected chi connectivity index (χ3v) is 4.04. The molecule has 0 radical (unpaired) electrons. The first-order chi connectivity index (χ1) is 10.4. The van der Waals surface area contributed by atoms with Gasteiger partial charge in [0.15, 0.2) is 0 Å². The molecule has 2 spiro atoms. The van der Waals surface area contributed by atoms with Crippen LogP contribution in [0.2, 0.25) is 0 Å². The minimum Gasteiger partial charge on any atom is -0.422 e. The van der Waals surface area contributed by atoms with Gasteiger partial charge in [-0.15, -0.1) is 0 Å². The lowest BCUT2D eigenvalue weighted by Crippen LogP contribution is -2.27. The molecule has 0 aromatic heterocycles. The largest absolute Gasteiger partial charge is 0.422 e. The topological polar surface area (TPSA) is 105 Å². The van der Waals surface area contributed by atoms with Crippen LogP contribution in [0.4, 0.5) is 0 Å². The van der Waals surface area contributed by atoms with Gasteiger partial charge < -0.3 is 18.9 Å². The predicted octanol–water partition coefficient (Wildman–Crippen LogP) is 0.713. The van der Waals surface area contributed by atoms with Gasteiger partial charge in [-0.2, -0.15) is 0 Å². The van der Waals surface area contributed by atoms with Gasteiger partial charge >= 0.3 is 23.9 Å². The molecule has 0 saturated carbocycles. The van der Waals surface area contributed by atoms with E-state index in [0.29, 0.717) is 51.4 Å². The van der Waals surface area contributed by atoms with Gasteiger partial charge in [0.2, 0.25) is 0 Å². The molecule has 22 heavy (non-hydrogen) atoms. The summed E-state index contributed by atoms with van der Waals surface area (Å²) in [6.45, 7) is 0. The highest BCUT2D eigenvalue weighted by molar-refractivity contribution is 5.77. The summed E-state index contributed by atoms with van der Waals surface area (Å²) in [5, 5.41) is 0. The van der Waals surface area contributed by atoms with Crippen LogP contribution in [-0.4, -0.2) is 35.5 Å². The molecule has 8 heteroatoms. The monoisotopic (exact) mass is 312 g/mol. The fourth-order valence-corrected chi connectivity index (χ4v) is 2.90. The number of ether oxygens (including phenoxy) is 4.